The fourth-order valence-corrected chi connectivity index (χ4v) is 3.98. The molecule has 0 saturated heterocycles. The van der Waals surface area contributed by atoms with Crippen LogP contribution in [0.3, 0.4) is 0 Å². The smallest absolute Gasteiger partial charge is 0.326 e. The monoisotopic (exact) mass is 599 g/mol. The van der Waals surface area contributed by atoms with E-state index < -0.39 is 59.8 Å². The minimum absolute atomic E-state index is 0.118. The van der Waals surface area contributed by atoms with Gasteiger partial charge in [0.05, 0.1) is 6.04 Å². The summed E-state index contributed by atoms with van der Waals surface area (Å²) >= 11 is 0. The van der Waals surface area contributed by atoms with Gasteiger partial charge in [-0.3, -0.25) is 24.2 Å². The van der Waals surface area contributed by atoms with E-state index >= 15 is 0 Å². The molecule has 0 aromatic rings. The summed E-state index contributed by atoms with van der Waals surface area (Å²) < 4.78 is 0. The van der Waals surface area contributed by atoms with Crippen LogP contribution in [0.15, 0.2) is 4.99 Å². The molecule has 15 heteroatoms. The number of aliphatic carboxylic acids is 1. The number of nitrogens with two attached hydrogens (primary N) is 4. The zero-order valence-corrected chi connectivity index (χ0v) is 25.7. The minimum Gasteiger partial charge on any atom is -0.480 e. The first-order chi connectivity index (χ1) is 19.7. The number of guanidine groups is 1. The Labute approximate surface area is 248 Å². The first-order valence-electron chi connectivity index (χ1n) is 14.6. The zero-order chi connectivity index (χ0) is 32.4. The molecule has 0 aliphatic heterocycles. The number of carboxylic acid groups (broad SMARTS) is 1. The maximum absolute atomic E-state index is 13.4. The summed E-state index contributed by atoms with van der Waals surface area (Å²) in [5, 5.41) is 20.0. The second kappa shape index (κ2) is 20.4. The first kappa shape index (κ1) is 38.5. The van der Waals surface area contributed by atoms with Gasteiger partial charge in [0.2, 0.25) is 23.6 Å². The van der Waals surface area contributed by atoms with Crippen molar-refractivity contribution < 1.29 is 29.1 Å². The highest BCUT2D eigenvalue weighted by atomic mass is 16.4. The van der Waals surface area contributed by atoms with Crippen LogP contribution in [0.5, 0.6) is 0 Å². The standard InChI is InChI=1S/C27H53N9O6/c1-6-15(3)20(25(40)36-21(26(41)42)16(4)7-2)35-24(39)19(12-10-14-32-27(30)31)34-22(37)17(5)33-23(38)18(29)11-8-9-13-28/h15-21H,6-14,28-29H2,1-5H3,(H,33,38)(H,34,37)(H,35,39)(H,36,40)(H,41,42)(H4,30,31,32). The Bertz CT molecular complexity index is 913. The van der Waals surface area contributed by atoms with Gasteiger partial charge in [0.1, 0.15) is 24.2 Å². The molecule has 242 valence electrons. The summed E-state index contributed by atoms with van der Waals surface area (Å²) in [6.45, 7) is 9.25. The lowest BCUT2D eigenvalue weighted by Crippen LogP contribution is -2.59. The van der Waals surface area contributed by atoms with E-state index in [1.54, 1.807) is 13.8 Å². The summed E-state index contributed by atoms with van der Waals surface area (Å²) in [6, 6.07) is -5.12. The molecule has 0 aliphatic carbocycles. The largest absolute Gasteiger partial charge is 0.480 e. The lowest BCUT2D eigenvalue weighted by molar-refractivity contribution is -0.144. The molecule has 13 N–H and O–H groups in total. The molecule has 0 fully saturated rings. The topological polar surface area (TPSA) is 270 Å². The van der Waals surface area contributed by atoms with Gasteiger partial charge >= 0.3 is 5.97 Å². The van der Waals surface area contributed by atoms with Gasteiger partial charge in [-0.15, -0.1) is 0 Å². The summed E-state index contributed by atoms with van der Waals surface area (Å²) in [6.07, 6.45) is 3.26. The van der Waals surface area contributed by atoms with Crippen molar-refractivity contribution >= 4 is 35.6 Å². The number of unbranched alkanes of at least 4 members (excludes halogenated alkanes) is 1. The molecule has 0 radical (unpaired) electrons. The fraction of sp³-hybridized carbons (Fsp3) is 0.778. The van der Waals surface area contributed by atoms with Gasteiger partial charge in [-0.1, -0.05) is 47.0 Å². The van der Waals surface area contributed by atoms with Crippen LogP contribution in [0.25, 0.3) is 0 Å². The maximum atomic E-state index is 13.4. The average Bonchev–Trinajstić information content (AvgIpc) is 2.94. The molecule has 4 amide bonds. The van der Waals surface area contributed by atoms with Gasteiger partial charge in [0.25, 0.3) is 0 Å². The molecule has 0 heterocycles. The Morgan fingerprint density at radius 1 is 0.738 bits per heavy atom. The molecule has 0 spiro atoms. The molecule has 0 saturated carbocycles. The summed E-state index contributed by atoms with van der Waals surface area (Å²) in [7, 11) is 0. The molecule has 0 aromatic heterocycles. The normalized spacial score (nSPS) is 16.0. The maximum Gasteiger partial charge on any atom is 0.326 e. The van der Waals surface area contributed by atoms with Crippen molar-refractivity contribution in [3.05, 3.63) is 0 Å². The summed E-state index contributed by atoms with van der Waals surface area (Å²) in [4.78, 5) is 67.7. The third-order valence-electron chi connectivity index (χ3n) is 7.21. The Kier molecular flexibility index (Phi) is 18.7. The van der Waals surface area contributed by atoms with Crippen molar-refractivity contribution in [3.63, 3.8) is 0 Å². The number of nitrogens with one attached hydrogen (secondary N) is 4. The molecule has 0 rings (SSSR count). The van der Waals surface area contributed by atoms with Crippen LogP contribution in [0.2, 0.25) is 0 Å². The van der Waals surface area contributed by atoms with E-state index in [1.165, 1.54) is 6.92 Å². The van der Waals surface area contributed by atoms with E-state index in [9.17, 15) is 29.1 Å². The minimum atomic E-state index is -1.17. The molecule has 0 aliphatic rings. The molecule has 42 heavy (non-hydrogen) atoms. The van der Waals surface area contributed by atoms with Gasteiger partial charge in [0, 0.05) is 6.54 Å². The number of carboxylic acids is 1. The quantitative estimate of drug-likeness (QED) is 0.0424. The second-order valence-electron chi connectivity index (χ2n) is 10.7. The van der Waals surface area contributed by atoms with E-state index in [0.717, 1.165) is 6.42 Å². The third-order valence-corrected chi connectivity index (χ3v) is 7.21. The van der Waals surface area contributed by atoms with Crippen LogP contribution >= 0.6 is 0 Å². The molecule has 7 atom stereocenters. The van der Waals surface area contributed by atoms with Crippen molar-refractivity contribution in [1.29, 1.82) is 0 Å². The lowest BCUT2D eigenvalue weighted by Gasteiger charge is -2.29. The second-order valence-corrected chi connectivity index (χ2v) is 10.7. The molecule has 0 bridgehead atoms. The van der Waals surface area contributed by atoms with Crippen LogP contribution in [0.4, 0.5) is 0 Å². The number of carbonyl (C=O) groups is 5. The highest BCUT2D eigenvalue weighted by Gasteiger charge is 2.34. The van der Waals surface area contributed by atoms with Crippen molar-refractivity contribution in [2.75, 3.05) is 13.1 Å². The average molecular weight is 600 g/mol. The van der Waals surface area contributed by atoms with Crippen LogP contribution in [0.1, 0.15) is 79.6 Å². The highest BCUT2D eigenvalue weighted by Crippen LogP contribution is 2.13. The van der Waals surface area contributed by atoms with Crippen LogP contribution in [0, 0.1) is 11.8 Å². The van der Waals surface area contributed by atoms with Crippen LogP contribution in [-0.4, -0.2) is 84.0 Å². The van der Waals surface area contributed by atoms with E-state index in [0.29, 0.717) is 38.6 Å². The van der Waals surface area contributed by atoms with Gasteiger partial charge in [-0.2, -0.15) is 0 Å². The zero-order valence-electron chi connectivity index (χ0n) is 25.7. The Morgan fingerprint density at radius 3 is 1.83 bits per heavy atom. The van der Waals surface area contributed by atoms with Gasteiger partial charge in [-0.05, 0) is 51.0 Å². The molecule has 0 aromatic carbocycles. The number of amides is 4. The number of rotatable bonds is 21. The van der Waals surface area contributed by atoms with E-state index in [-0.39, 0.29) is 30.8 Å². The predicted molar refractivity (Wildman–Crippen MR) is 161 cm³/mol. The first-order valence-corrected chi connectivity index (χ1v) is 14.6. The Morgan fingerprint density at radius 2 is 1.31 bits per heavy atom. The number of hydrogen-bond acceptors (Lipinski definition) is 8. The number of hydrogen-bond donors (Lipinski definition) is 9. The van der Waals surface area contributed by atoms with Gasteiger partial charge in [-0.25, -0.2) is 4.79 Å². The van der Waals surface area contributed by atoms with E-state index in [1.807, 2.05) is 13.8 Å². The van der Waals surface area contributed by atoms with E-state index in [2.05, 4.69) is 26.3 Å². The summed E-state index contributed by atoms with van der Waals surface area (Å²) in [5.74, 6) is -4.42. The summed E-state index contributed by atoms with van der Waals surface area (Å²) in [5.41, 5.74) is 22.1. The van der Waals surface area contributed by atoms with Crippen LogP contribution in [-0.2, 0) is 24.0 Å². The van der Waals surface area contributed by atoms with Crippen molar-refractivity contribution in [2.45, 2.75) is 110 Å². The number of carbonyl (C=O) groups excluding carboxylic acids is 4. The molecule has 15 nitrogen and oxygen atoms in total. The predicted octanol–water partition coefficient (Wildman–Crippen LogP) is -1.37. The van der Waals surface area contributed by atoms with Crippen molar-refractivity contribution in [2.24, 2.45) is 39.8 Å². The molecule has 7 unspecified atom stereocenters. The fourth-order valence-electron chi connectivity index (χ4n) is 3.98. The highest BCUT2D eigenvalue weighted by molar-refractivity contribution is 5.95. The lowest BCUT2D eigenvalue weighted by atomic mass is 9.95. The Hall–Kier alpha value is -3.46. The van der Waals surface area contributed by atoms with Gasteiger partial charge < -0.3 is 49.3 Å². The van der Waals surface area contributed by atoms with E-state index in [4.69, 9.17) is 22.9 Å². The Balaban J connectivity index is 5.73. The SMILES string of the molecule is CCC(C)C(NC(=O)C(NC(=O)C(CCCN=C(N)N)NC(=O)C(C)NC(=O)C(N)CCCCN)C(C)CC)C(=O)O. The number of nitrogens with zero attached hydrogens (tertiary/aromatic N) is 1. The van der Waals surface area contributed by atoms with Crippen LogP contribution < -0.4 is 44.2 Å². The third kappa shape index (κ3) is 14.4. The van der Waals surface area contributed by atoms with Crippen molar-refractivity contribution in [3.8, 4) is 0 Å². The molecular weight excluding hydrogens is 546 g/mol. The van der Waals surface area contributed by atoms with Gasteiger partial charge in [0.15, 0.2) is 5.96 Å². The van der Waals surface area contributed by atoms with Crippen molar-refractivity contribution in [1.82, 2.24) is 21.3 Å². The number of aliphatic imine (C=N–C) groups is 1. The molecular formula is C27H53N9O6.